The smallest absolute Gasteiger partial charge is 0.143 e. The number of anilines is 3. The zero-order valence-corrected chi connectivity index (χ0v) is 30.6. The lowest BCUT2D eigenvalue weighted by Gasteiger charge is -2.29. The molecular formula is C54H35NO. The van der Waals surface area contributed by atoms with Gasteiger partial charge in [-0.15, -0.1) is 0 Å². The Morgan fingerprint density at radius 2 is 0.839 bits per heavy atom. The molecule has 0 spiro atoms. The van der Waals surface area contributed by atoms with Gasteiger partial charge in [0.25, 0.3) is 0 Å². The van der Waals surface area contributed by atoms with E-state index in [4.69, 9.17) is 4.42 Å². The molecule has 0 amide bonds. The fourth-order valence-electron chi connectivity index (χ4n) is 8.52. The van der Waals surface area contributed by atoms with Crippen LogP contribution in [0.25, 0.3) is 87.6 Å². The molecule has 0 N–H and O–H groups in total. The van der Waals surface area contributed by atoms with E-state index in [0.717, 1.165) is 60.9 Å². The lowest BCUT2D eigenvalue weighted by molar-refractivity contribution is 0.672. The van der Waals surface area contributed by atoms with Crippen molar-refractivity contribution in [3.63, 3.8) is 0 Å². The molecule has 0 saturated carbocycles. The Hall–Kier alpha value is -7.42. The average molecular weight is 714 g/mol. The van der Waals surface area contributed by atoms with E-state index >= 15 is 0 Å². The summed E-state index contributed by atoms with van der Waals surface area (Å²) in [6.45, 7) is 0. The molecule has 2 nitrogen and oxygen atoms in total. The summed E-state index contributed by atoms with van der Waals surface area (Å²) in [7, 11) is 0. The molecular weight excluding hydrogens is 679 g/mol. The van der Waals surface area contributed by atoms with Crippen molar-refractivity contribution in [1.82, 2.24) is 0 Å². The van der Waals surface area contributed by atoms with Crippen LogP contribution in [-0.4, -0.2) is 0 Å². The van der Waals surface area contributed by atoms with E-state index < -0.39 is 0 Å². The molecule has 0 radical (unpaired) electrons. The highest BCUT2D eigenvalue weighted by atomic mass is 16.3. The van der Waals surface area contributed by atoms with Gasteiger partial charge >= 0.3 is 0 Å². The molecule has 0 aliphatic carbocycles. The van der Waals surface area contributed by atoms with Crippen LogP contribution in [-0.2, 0) is 0 Å². The maximum absolute atomic E-state index is 6.50. The SMILES string of the molecule is c1ccc(N(c2ccc(-c3ccc(-c4cccc5ccccc45)cc3)cc2)c2cccc3ccccc23)c(-c2ccc3ccc4c5ccccc5oc4c3c2)c1. The first-order valence-electron chi connectivity index (χ1n) is 19.2. The number of hydrogen-bond acceptors (Lipinski definition) is 2. The van der Waals surface area contributed by atoms with Gasteiger partial charge in [-0.25, -0.2) is 0 Å². The topological polar surface area (TPSA) is 16.4 Å². The first-order valence-corrected chi connectivity index (χ1v) is 19.2. The minimum absolute atomic E-state index is 0.909. The molecule has 0 saturated heterocycles. The maximum atomic E-state index is 6.50. The van der Waals surface area contributed by atoms with Gasteiger partial charge < -0.3 is 9.32 Å². The van der Waals surface area contributed by atoms with Crippen molar-refractivity contribution >= 4 is 71.3 Å². The number of hydrogen-bond donors (Lipinski definition) is 0. The molecule has 0 fully saturated rings. The van der Waals surface area contributed by atoms with Crippen molar-refractivity contribution in [2.75, 3.05) is 4.90 Å². The van der Waals surface area contributed by atoms with Crippen LogP contribution in [0.2, 0.25) is 0 Å². The van der Waals surface area contributed by atoms with Crippen molar-refractivity contribution in [2.24, 2.45) is 0 Å². The lowest BCUT2D eigenvalue weighted by Crippen LogP contribution is -2.11. The molecule has 0 aliphatic heterocycles. The van der Waals surface area contributed by atoms with Crippen LogP contribution in [0.15, 0.2) is 217 Å². The molecule has 262 valence electrons. The third-order valence-corrected chi connectivity index (χ3v) is 11.3. The highest BCUT2D eigenvalue weighted by Gasteiger charge is 2.20. The maximum Gasteiger partial charge on any atom is 0.143 e. The predicted octanol–water partition coefficient (Wildman–Crippen LogP) is 15.5. The Kier molecular flexibility index (Phi) is 7.53. The summed E-state index contributed by atoms with van der Waals surface area (Å²) < 4.78 is 6.50. The summed E-state index contributed by atoms with van der Waals surface area (Å²) in [5, 5.41) is 9.47. The fraction of sp³-hybridized carbons (Fsp3) is 0. The highest BCUT2D eigenvalue weighted by molar-refractivity contribution is 6.16. The minimum Gasteiger partial charge on any atom is -0.455 e. The number of rotatable bonds is 6. The van der Waals surface area contributed by atoms with Gasteiger partial charge in [0.2, 0.25) is 0 Å². The summed E-state index contributed by atoms with van der Waals surface area (Å²) >= 11 is 0. The first-order chi connectivity index (χ1) is 27.8. The van der Waals surface area contributed by atoms with Gasteiger partial charge in [0.1, 0.15) is 11.2 Å². The Labute approximate surface area is 325 Å². The molecule has 1 heterocycles. The van der Waals surface area contributed by atoms with Gasteiger partial charge in [-0.05, 0) is 91.8 Å². The standard InChI is InChI=1S/C54H35NO/c1-3-15-44-38(11-1)13-9-19-45(44)40-25-23-36(24-26-40)37-29-32-43(33-30-37)55(52-21-10-14-39-12-2-4-16-46(39)52)51-20-7-5-17-47(51)42-28-27-41-31-34-49-48-18-6-8-22-53(48)56-54(49)50(41)35-42/h1-35H. The van der Waals surface area contributed by atoms with Gasteiger partial charge in [-0.2, -0.15) is 0 Å². The van der Waals surface area contributed by atoms with Crippen molar-refractivity contribution < 1.29 is 4.42 Å². The molecule has 0 aliphatic rings. The van der Waals surface area contributed by atoms with Crippen LogP contribution in [0, 0.1) is 0 Å². The predicted molar refractivity (Wildman–Crippen MR) is 237 cm³/mol. The minimum atomic E-state index is 0.909. The number of para-hydroxylation sites is 2. The van der Waals surface area contributed by atoms with Crippen LogP contribution in [0.4, 0.5) is 17.1 Å². The van der Waals surface area contributed by atoms with Gasteiger partial charge in [0.15, 0.2) is 0 Å². The van der Waals surface area contributed by atoms with Crippen LogP contribution < -0.4 is 4.90 Å². The summed E-state index contributed by atoms with van der Waals surface area (Å²) in [4.78, 5) is 2.41. The Morgan fingerprint density at radius 1 is 0.304 bits per heavy atom. The number of furan rings is 1. The summed E-state index contributed by atoms with van der Waals surface area (Å²) in [5.41, 5.74) is 12.3. The molecule has 11 rings (SSSR count). The number of benzene rings is 10. The highest BCUT2D eigenvalue weighted by Crippen LogP contribution is 2.45. The van der Waals surface area contributed by atoms with E-state index in [1.807, 2.05) is 6.07 Å². The van der Waals surface area contributed by atoms with Crippen molar-refractivity contribution in [2.45, 2.75) is 0 Å². The van der Waals surface area contributed by atoms with E-state index in [-0.39, 0.29) is 0 Å². The summed E-state index contributed by atoms with van der Waals surface area (Å²) in [5.74, 6) is 0. The fourth-order valence-corrected chi connectivity index (χ4v) is 8.52. The van der Waals surface area contributed by atoms with Crippen molar-refractivity contribution in [1.29, 1.82) is 0 Å². The van der Waals surface area contributed by atoms with Gasteiger partial charge in [0.05, 0.1) is 11.4 Å². The third-order valence-electron chi connectivity index (χ3n) is 11.3. The molecule has 2 heteroatoms. The normalized spacial score (nSPS) is 11.6. The van der Waals surface area contributed by atoms with Gasteiger partial charge in [0, 0.05) is 32.8 Å². The molecule has 56 heavy (non-hydrogen) atoms. The largest absolute Gasteiger partial charge is 0.455 e. The molecule has 10 aromatic carbocycles. The summed E-state index contributed by atoms with van der Waals surface area (Å²) in [6.07, 6.45) is 0. The first kappa shape index (κ1) is 32.0. The Bertz CT molecular complexity index is 3230. The average Bonchev–Trinajstić information content (AvgIpc) is 3.66. The monoisotopic (exact) mass is 713 g/mol. The summed E-state index contributed by atoms with van der Waals surface area (Å²) in [6, 6.07) is 76.5. The van der Waals surface area contributed by atoms with Crippen LogP contribution in [0.3, 0.4) is 0 Å². The van der Waals surface area contributed by atoms with E-state index in [2.05, 4.69) is 211 Å². The molecule has 0 atom stereocenters. The third kappa shape index (κ3) is 5.34. The van der Waals surface area contributed by atoms with Gasteiger partial charge in [-0.3, -0.25) is 0 Å². The van der Waals surface area contributed by atoms with E-state index in [9.17, 15) is 0 Å². The Balaban J connectivity index is 1.03. The van der Waals surface area contributed by atoms with Crippen molar-refractivity contribution in [3.05, 3.63) is 212 Å². The van der Waals surface area contributed by atoms with Gasteiger partial charge in [-0.1, -0.05) is 170 Å². The van der Waals surface area contributed by atoms with E-state index in [0.29, 0.717) is 0 Å². The van der Waals surface area contributed by atoms with Crippen molar-refractivity contribution in [3.8, 4) is 33.4 Å². The second-order valence-corrected chi connectivity index (χ2v) is 14.5. The molecule has 0 unspecified atom stereocenters. The van der Waals surface area contributed by atoms with E-state index in [1.54, 1.807) is 0 Å². The molecule has 11 aromatic rings. The molecule has 0 bridgehead atoms. The lowest BCUT2D eigenvalue weighted by atomic mass is 9.96. The van der Waals surface area contributed by atoms with E-state index in [1.165, 1.54) is 43.8 Å². The van der Waals surface area contributed by atoms with Crippen LogP contribution >= 0.6 is 0 Å². The number of fused-ring (bicyclic) bond motifs is 7. The molecule has 1 aromatic heterocycles. The zero-order valence-electron chi connectivity index (χ0n) is 30.6. The van der Waals surface area contributed by atoms with Crippen LogP contribution in [0.1, 0.15) is 0 Å². The zero-order chi connectivity index (χ0) is 37.0. The Morgan fingerprint density at radius 3 is 1.66 bits per heavy atom. The quantitative estimate of drug-likeness (QED) is 0.171. The second kappa shape index (κ2) is 13.2. The second-order valence-electron chi connectivity index (χ2n) is 14.5. The van der Waals surface area contributed by atoms with Crippen LogP contribution in [0.5, 0.6) is 0 Å². The number of nitrogens with zero attached hydrogens (tertiary/aromatic N) is 1.